The minimum Gasteiger partial charge on any atom is -0.497 e. The Hall–Kier alpha value is -3.07. The minimum absolute atomic E-state index is 0.138. The molecule has 0 atom stereocenters. The molecule has 0 bridgehead atoms. The van der Waals surface area contributed by atoms with Gasteiger partial charge in [-0.25, -0.2) is 8.42 Å². The van der Waals surface area contributed by atoms with Crippen LogP contribution in [0.1, 0.15) is 17.5 Å². The summed E-state index contributed by atoms with van der Waals surface area (Å²) in [5.41, 5.74) is 2.51. The van der Waals surface area contributed by atoms with Crippen LogP contribution in [0.25, 0.3) is 0 Å². The fourth-order valence-electron chi connectivity index (χ4n) is 3.06. The van der Waals surface area contributed by atoms with Crippen molar-refractivity contribution in [2.45, 2.75) is 19.9 Å². The van der Waals surface area contributed by atoms with Crippen LogP contribution in [0.5, 0.6) is 5.75 Å². The van der Waals surface area contributed by atoms with Gasteiger partial charge in [0.15, 0.2) is 0 Å². The predicted octanol–water partition coefficient (Wildman–Crippen LogP) is 1.80. The number of hydrogen-bond acceptors (Lipinski definition) is 5. The second-order valence-electron chi connectivity index (χ2n) is 6.73. The Morgan fingerprint density at radius 2 is 1.83 bits per heavy atom. The van der Waals surface area contributed by atoms with Crippen LogP contribution in [0, 0.1) is 6.92 Å². The van der Waals surface area contributed by atoms with Gasteiger partial charge in [-0.15, -0.1) is 0 Å². The molecule has 2 aromatic rings. The van der Waals surface area contributed by atoms with Gasteiger partial charge in [0.25, 0.3) is 0 Å². The van der Waals surface area contributed by atoms with Crippen LogP contribution in [0.4, 0.5) is 11.4 Å². The summed E-state index contributed by atoms with van der Waals surface area (Å²) >= 11 is 0. The summed E-state index contributed by atoms with van der Waals surface area (Å²) in [6.07, 6.45) is 0.592. The van der Waals surface area contributed by atoms with Crippen molar-refractivity contribution in [3.05, 3.63) is 53.6 Å². The van der Waals surface area contributed by atoms with E-state index in [1.165, 1.54) is 4.31 Å². The fraction of sp³-hybridized carbons (Fsp3) is 0.300. The number of benzene rings is 2. The number of carbonyl (C=O) groups is 2. The van der Waals surface area contributed by atoms with Crippen molar-refractivity contribution in [1.29, 1.82) is 0 Å². The highest BCUT2D eigenvalue weighted by atomic mass is 32.2. The van der Waals surface area contributed by atoms with Gasteiger partial charge in [0, 0.05) is 18.8 Å². The quantitative estimate of drug-likeness (QED) is 0.722. The number of ether oxygens (including phenoxy) is 1. The van der Waals surface area contributed by atoms with Gasteiger partial charge >= 0.3 is 11.8 Å². The van der Waals surface area contributed by atoms with Gasteiger partial charge in [-0.2, -0.15) is 0 Å². The van der Waals surface area contributed by atoms with Gasteiger partial charge in [0.2, 0.25) is 10.0 Å². The zero-order chi connectivity index (χ0) is 21.0. The number of rotatable bonds is 5. The van der Waals surface area contributed by atoms with Crippen LogP contribution < -0.4 is 19.7 Å². The molecule has 2 aromatic carbocycles. The van der Waals surface area contributed by atoms with E-state index in [1.54, 1.807) is 56.5 Å². The lowest BCUT2D eigenvalue weighted by Crippen LogP contribution is -2.35. The first-order valence-electron chi connectivity index (χ1n) is 9.13. The van der Waals surface area contributed by atoms with Crippen LogP contribution in [-0.2, 0) is 26.2 Å². The highest BCUT2D eigenvalue weighted by molar-refractivity contribution is 7.93. The molecule has 1 aliphatic heterocycles. The van der Waals surface area contributed by atoms with Gasteiger partial charge in [0.05, 0.1) is 18.6 Å². The first kappa shape index (κ1) is 20.7. The molecule has 154 valence electrons. The molecule has 1 saturated heterocycles. The molecule has 29 heavy (non-hydrogen) atoms. The number of anilines is 2. The van der Waals surface area contributed by atoms with Crippen molar-refractivity contribution in [2.75, 3.05) is 29.0 Å². The van der Waals surface area contributed by atoms with Crippen molar-refractivity contribution in [3.63, 3.8) is 0 Å². The van der Waals surface area contributed by atoms with Crippen LogP contribution in [0.15, 0.2) is 42.5 Å². The second kappa shape index (κ2) is 8.52. The summed E-state index contributed by atoms with van der Waals surface area (Å²) < 4.78 is 30.5. The van der Waals surface area contributed by atoms with E-state index in [4.69, 9.17) is 4.74 Å². The van der Waals surface area contributed by atoms with Crippen LogP contribution in [0.3, 0.4) is 0 Å². The number of sulfonamides is 1. The van der Waals surface area contributed by atoms with E-state index in [2.05, 4.69) is 10.6 Å². The van der Waals surface area contributed by atoms with Crippen LogP contribution in [-0.4, -0.2) is 39.6 Å². The largest absolute Gasteiger partial charge is 0.497 e. The molecule has 0 radical (unpaired) electrons. The van der Waals surface area contributed by atoms with E-state index in [1.807, 2.05) is 0 Å². The molecule has 9 heteroatoms. The maximum absolute atomic E-state index is 12.2. The summed E-state index contributed by atoms with van der Waals surface area (Å²) in [7, 11) is -1.70. The summed E-state index contributed by atoms with van der Waals surface area (Å²) in [6.45, 7) is 2.40. The maximum Gasteiger partial charge on any atom is 0.313 e. The molecule has 3 rings (SSSR count). The average molecular weight is 417 g/mol. The van der Waals surface area contributed by atoms with Crippen molar-refractivity contribution in [3.8, 4) is 5.75 Å². The number of carbonyl (C=O) groups excluding carboxylic acids is 2. The Morgan fingerprint density at radius 1 is 1.10 bits per heavy atom. The van der Waals surface area contributed by atoms with E-state index in [9.17, 15) is 18.0 Å². The Labute approximate surface area is 169 Å². The molecule has 0 spiro atoms. The van der Waals surface area contributed by atoms with Gasteiger partial charge in [0.1, 0.15) is 5.75 Å². The smallest absolute Gasteiger partial charge is 0.313 e. The van der Waals surface area contributed by atoms with E-state index in [-0.39, 0.29) is 12.3 Å². The minimum atomic E-state index is -3.27. The summed E-state index contributed by atoms with van der Waals surface area (Å²) in [5, 5.41) is 5.13. The zero-order valence-electron chi connectivity index (χ0n) is 16.3. The van der Waals surface area contributed by atoms with E-state index in [0.717, 1.165) is 5.56 Å². The van der Waals surface area contributed by atoms with Crippen molar-refractivity contribution in [1.82, 2.24) is 5.32 Å². The Morgan fingerprint density at radius 3 is 2.41 bits per heavy atom. The van der Waals surface area contributed by atoms with Gasteiger partial charge < -0.3 is 15.4 Å². The van der Waals surface area contributed by atoms with Gasteiger partial charge in [-0.1, -0.05) is 12.1 Å². The van der Waals surface area contributed by atoms with Crippen LogP contribution in [0.2, 0.25) is 0 Å². The highest BCUT2D eigenvalue weighted by Crippen LogP contribution is 2.28. The highest BCUT2D eigenvalue weighted by Gasteiger charge is 2.28. The Kier molecular flexibility index (Phi) is 6.07. The standard InChI is InChI=1S/C20H23N3O5S/c1-14-12-16(23-10-3-11-29(23,26)27)6-9-18(14)22-20(25)19(24)21-13-15-4-7-17(28-2)8-5-15/h4-9,12H,3,10-11,13H2,1-2H3,(H,21,24)(H,22,25). The summed E-state index contributed by atoms with van der Waals surface area (Å²) in [6, 6.07) is 12.1. The molecule has 0 aliphatic carbocycles. The maximum atomic E-state index is 12.2. The third kappa shape index (κ3) is 4.86. The molecule has 1 fully saturated rings. The molecule has 2 amide bonds. The first-order chi connectivity index (χ1) is 13.8. The summed E-state index contributed by atoms with van der Waals surface area (Å²) in [4.78, 5) is 24.3. The molecule has 8 nitrogen and oxygen atoms in total. The van der Waals surface area contributed by atoms with Crippen molar-refractivity contribution >= 4 is 33.2 Å². The van der Waals surface area contributed by atoms with E-state index < -0.39 is 21.8 Å². The third-order valence-corrected chi connectivity index (χ3v) is 6.53. The predicted molar refractivity (Wildman–Crippen MR) is 110 cm³/mol. The first-order valence-corrected chi connectivity index (χ1v) is 10.7. The third-order valence-electron chi connectivity index (χ3n) is 4.66. The van der Waals surface area contributed by atoms with Crippen molar-refractivity contribution in [2.24, 2.45) is 0 Å². The lowest BCUT2D eigenvalue weighted by Gasteiger charge is -2.18. The zero-order valence-corrected chi connectivity index (χ0v) is 17.1. The number of aryl methyl sites for hydroxylation is 1. The van der Waals surface area contributed by atoms with Crippen LogP contribution >= 0.6 is 0 Å². The molecular weight excluding hydrogens is 394 g/mol. The molecule has 2 N–H and O–H groups in total. The Balaban J connectivity index is 1.60. The van der Waals surface area contributed by atoms with Gasteiger partial charge in [-0.3, -0.25) is 13.9 Å². The molecule has 1 heterocycles. The van der Waals surface area contributed by atoms with E-state index in [0.29, 0.717) is 35.7 Å². The number of amides is 2. The average Bonchev–Trinajstić information content (AvgIpc) is 3.07. The molecular formula is C20H23N3O5S. The molecule has 0 unspecified atom stereocenters. The lowest BCUT2D eigenvalue weighted by atomic mass is 10.1. The fourth-order valence-corrected chi connectivity index (χ4v) is 4.61. The number of nitrogens with one attached hydrogen (secondary N) is 2. The van der Waals surface area contributed by atoms with Gasteiger partial charge in [-0.05, 0) is 54.8 Å². The SMILES string of the molecule is COc1ccc(CNC(=O)C(=O)Nc2ccc(N3CCCS3(=O)=O)cc2C)cc1. The Bertz CT molecular complexity index is 1020. The normalized spacial score (nSPS) is 15.0. The lowest BCUT2D eigenvalue weighted by molar-refractivity contribution is -0.136. The van der Waals surface area contributed by atoms with E-state index >= 15 is 0 Å². The number of methoxy groups -OCH3 is 1. The van der Waals surface area contributed by atoms with Crippen molar-refractivity contribution < 1.29 is 22.7 Å². The number of nitrogens with zero attached hydrogens (tertiary/aromatic N) is 1. The topological polar surface area (TPSA) is 105 Å². The second-order valence-corrected chi connectivity index (χ2v) is 8.74. The number of hydrogen-bond donors (Lipinski definition) is 2. The molecule has 0 saturated carbocycles. The monoisotopic (exact) mass is 417 g/mol. The molecule has 1 aliphatic rings. The summed E-state index contributed by atoms with van der Waals surface area (Å²) in [5.74, 6) is -0.702. The molecule has 0 aromatic heterocycles.